The first-order valence-corrected chi connectivity index (χ1v) is 8.22. The molecule has 25 heavy (non-hydrogen) atoms. The molecule has 0 atom stereocenters. The van der Waals surface area contributed by atoms with Crippen molar-refractivity contribution in [1.29, 1.82) is 0 Å². The number of rotatable bonds is 1. The maximum atomic E-state index is 12.2. The summed E-state index contributed by atoms with van der Waals surface area (Å²) in [5.41, 5.74) is 1.69. The number of hydrogen-bond donors (Lipinski definition) is 0. The second-order valence-electron chi connectivity index (χ2n) is 6.96. The normalized spacial score (nSPS) is 15.1. The van der Waals surface area contributed by atoms with E-state index in [1.165, 1.54) is 6.33 Å². The maximum absolute atomic E-state index is 12.2. The van der Waals surface area contributed by atoms with Crippen LogP contribution in [0.25, 0.3) is 15.7 Å². The van der Waals surface area contributed by atoms with Crippen LogP contribution >= 0.6 is 0 Å². The standard InChI is InChI=1S/C18H21N5O2/c1-18(2,3)25-17(24)23-9-7-22(8-10-23)15-6-5-14(19-4)16-13(15)11-20-12-21-16/h5-6,11-12H,7-10H2,1-3H3. The second-order valence-corrected chi connectivity index (χ2v) is 6.96. The van der Waals surface area contributed by atoms with Crippen LogP contribution in [0.3, 0.4) is 0 Å². The summed E-state index contributed by atoms with van der Waals surface area (Å²) in [6, 6.07) is 3.72. The summed E-state index contributed by atoms with van der Waals surface area (Å²) in [5.74, 6) is 0. The van der Waals surface area contributed by atoms with Crippen LogP contribution < -0.4 is 4.90 Å². The molecular weight excluding hydrogens is 318 g/mol. The topological polar surface area (TPSA) is 62.9 Å². The highest BCUT2D eigenvalue weighted by atomic mass is 16.6. The van der Waals surface area contributed by atoms with Gasteiger partial charge in [-0.1, -0.05) is 6.07 Å². The zero-order valence-corrected chi connectivity index (χ0v) is 14.7. The number of carbonyl (C=O) groups is 1. The van der Waals surface area contributed by atoms with Crippen LogP contribution in [0.4, 0.5) is 16.2 Å². The predicted octanol–water partition coefficient (Wildman–Crippen LogP) is 3.24. The molecule has 1 saturated heterocycles. The van der Waals surface area contributed by atoms with Gasteiger partial charge in [0.05, 0.1) is 12.1 Å². The minimum absolute atomic E-state index is 0.274. The van der Waals surface area contributed by atoms with Gasteiger partial charge in [0.15, 0.2) is 0 Å². The SMILES string of the molecule is [C-]#[N+]c1ccc(N2CCN(C(=O)OC(C)(C)C)CC2)c2cncnc12. The molecule has 7 nitrogen and oxygen atoms in total. The van der Waals surface area contributed by atoms with Crippen LogP contribution in [0.15, 0.2) is 24.7 Å². The Morgan fingerprint density at radius 3 is 2.60 bits per heavy atom. The molecule has 1 amide bonds. The number of anilines is 1. The van der Waals surface area contributed by atoms with Gasteiger partial charge in [-0.25, -0.2) is 19.6 Å². The highest BCUT2D eigenvalue weighted by Gasteiger charge is 2.26. The first kappa shape index (κ1) is 17.0. The van der Waals surface area contributed by atoms with Crippen LogP contribution in [0.1, 0.15) is 20.8 Å². The molecule has 0 bridgehead atoms. The third kappa shape index (κ3) is 3.63. The molecule has 0 aliphatic carbocycles. The van der Waals surface area contributed by atoms with Gasteiger partial charge in [-0.2, -0.15) is 0 Å². The molecule has 130 valence electrons. The summed E-state index contributed by atoms with van der Waals surface area (Å²) >= 11 is 0. The number of benzene rings is 1. The lowest BCUT2D eigenvalue weighted by molar-refractivity contribution is 0.0241. The van der Waals surface area contributed by atoms with E-state index < -0.39 is 5.60 Å². The fraction of sp³-hybridized carbons (Fsp3) is 0.444. The number of ether oxygens (including phenoxy) is 1. The van der Waals surface area contributed by atoms with Gasteiger partial charge >= 0.3 is 6.09 Å². The lowest BCUT2D eigenvalue weighted by atomic mass is 10.1. The van der Waals surface area contributed by atoms with Crippen LogP contribution in [0.5, 0.6) is 0 Å². The Morgan fingerprint density at radius 2 is 1.96 bits per heavy atom. The van der Waals surface area contributed by atoms with Gasteiger partial charge < -0.3 is 14.5 Å². The highest BCUT2D eigenvalue weighted by molar-refractivity contribution is 5.99. The monoisotopic (exact) mass is 339 g/mol. The number of fused-ring (bicyclic) bond motifs is 1. The van der Waals surface area contributed by atoms with E-state index in [0.29, 0.717) is 37.4 Å². The Balaban J connectivity index is 1.77. The Bertz CT molecular complexity index is 829. The van der Waals surface area contributed by atoms with Crippen molar-refractivity contribution < 1.29 is 9.53 Å². The number of nitrogens with zero attached hydrogens (tertiary/aromatic N) is 5. The van der Waals surface area contributed by atoms with Crippen LogP contribution in [-0.2, 0) is 4.74 Å². The lowest BCUT2D eigenvalue weighted by Crippen LogP contribution is -2.50. The number of hydrogen-bond acceptors (Lipinski definition) is 5. The van der Waals surface area contributed by atoms with Crippen molar-refractivity contribution in [2.45, 2.75) is 26.4 Å². The molecule has 1 aromatic carbocycles. The molecule has 0 radical (unpaired) electrons. The van der Waals surface area contributed by atoms with Crippen molar-refractivity contribution in [3.05, 3.63) is 36.1 Å². The molecule has 1 aliphatic rings. The fourth-order valence-corrected chi connectivity index (χ4v) is 2.87. The predicted molar refractivity (Wildman–Crippen MR) is 95.8 cm³/mol. The average Bonchev–Trinajstić information content (AvgIpc) is 2.59. The number of amides is 1. The molecule has 0 saturated carbocycles. The van der Waals surface area contributed by atoms with E-state index in [-0.39, 0.29) is 6.09 Å². The smallest absolute Gasteiger partial charge is 0.410 e. The van der Waals surface area contributed by atoms with Gasteiger partial charge in [0.25, 0.3) is 0 Å². The minimum atomic E-state index is -0.489. The third-order valence-electron chi connectivity index (χ3n) is 4.02. The largest absolute Gasteiger partial charge is 0.444 e. The molecule has 2 aromatic rings. The summed E-state index contributed by atoms with van der Waals surface area (Å²) in [5, 5.41) is 0.863. The zero-order chi connectivity index (χ0) is 18.0. The van der Waals surface area contributed by atoms with Crippen LogP contribution in [0.2, 0.25) is 0 Å². The van der Waals surface area contributed by atoms with Crippen molar-refractivity contribution in [1.82, 2.24) is 14.9 Å². The molecular formula is C18H21N5O2. The average molecular weight is 339 g/mol. The fourth-order valence-electron chi connectivity index (χ4n) is 2.87. The number of aromatic nitrogens is 2. The summed E-state index contributed by atoms with van der Waals surface area (Å²) in [4.78, 5) is 28.0. The summed E-state index contributed by atoms with van der Waals surface area (Å²) in [7, 11) is 0. The van der Waals surface area contributed by atoms with Gasteiger partial charge in [0.1, 0.15) is 11.9 Å². The molecule has 7 heteroatoms. The van der Waals surface area contributed by atoms with E-state index >= 15 is 0 Å². The lowest BCUT2D eigenvalue weighted by Gasteiger charge is -2.37. The molecule has 0 N–H and O–H groups in total. The Labute approximate surface area is 147 Å². The Morgan fingerprint density at radius 1 is 1.24 bits per heavy atom. The zero-order valence-electron chi connectivity index (χ0n) is 14.7. The van der Waals surface area contributed by atoms with Gasteiger partial charge in [0.2, 0.25) is 5.69 Å². The van der Waals surface area contributed by atoms with Crippen molar-refractivity contribution in [3.63, 3.8) is 0 Å². The van der Waals surface area contributed by atoms with Gasteiger partial charge in [0, 0.05) is 43.4 Å². The maximum Gasteiger partial charge on any atom is 0.410 e. The van der Waals surface area contributed by atoms with E-state index in [0.717, 1.165) is 11.1 Å². The van der Waals surface area contributed by atoms with E-state index in [4.69, 9.17) is 11.3 Å². The van der Waals surface area contributed by atoms with Gasteiger partial charge in [-0.3, -0.25) is 0 Å². The van der Waals surface area contributed by atoms with E-state index in [1.807, 2.05) is 26.8 Å². The Hall–Kier alpha value is -2.88. The van der Waals surface area contributed by atoms with Crippen LogP contribution in [-0.4, -0.2) is 52.7 Å². The molecule has 1 aliphatic heterocycles. The first-order valence-electron chi connectivity index (χ1n) is 8.22. The van der Waals surface area contributed by atoms with E-state index in [1.54, 1.807) is 17.2 Å². The van der Waals surface area contributed by atoms with Crippen LogP contribution in [0, 0.1) is 6.57 Å². The molecule has 1 aromatic heterocycles. The number of piperazine rings is 1. The van der Waals surface area contributed by atoms with Gasteiger partial charge in [-0.05, 0) is 26.8 Å². The minimum Gasteiger partial charge on any atom is -0.444 e. The quantitative estimate of drug-likeness (QED) is 0.747. The van der Waals surface area contributed by atoms with Crippen molar-refractivity contribution in [2.75, 3.05) is 31.1 Å². The molecule has 0 spiro atoms. The summed E-state index contributed by atoms with van der Waals surface area (Å²) < 4.78 is 5.43. The Kier molecular flexibility index (Phi) is 4.45. The third-order valence-corrected chi connectivity index (χ3v) is 4.02. The van der Waals surface area contributed by atoms with Crippen molar-refractivity contribution in [2.24, 2.45) is 0 Å². The first-order chi connectivity index (χ1) is 11.9. The van der Waals surface area contributed by atoms with Crippen molar-refractivity contribution >= 4 is 28.4 Å². The molecule has 1 fully saturated rings. The van der Waals surface area contributed by atoms with E-state index in [9.17, 15) is 4.79 Å². The molecule has 0 unspecified atom stereocenters. The summed E-state index contributed by atoms with van der Waals surface area (Å²) in [6.07, 6.45) is 2.93. The molecule has 2 heterocycles. The summed E-state index contributed by atoms with van der Waals surface area (Å²) in [6.45, 7) is 15.5. The number of carbonyl (C=O) groups excluding carboxylic acids is 1. The molecule has 3 rings (SSSR count). The second kappa shape index (κ2) is 6.55. The van der Waals surface area contributed by atoms with E-state index in [2.05, 4.69) is 19.7 Å². The van der Waals surface area contributed by atoms with Gasteiger partial charge in [-0.15, -0.1) is 0 Å². The van der Waals surface area contributed by atoms with Crippen molar-refractivity contribution in [3.8, 4) is 0 Å². The highest BCUT2D eigenvalue weighted by Crippen LogP contribution is 2.32.